The summed E-state index contributed by atoms with van der Waals surface area (Å²) in [6.45, 7) is 8.29. The zero-order valence-corrected chi connectivity index (χ0v) is 12.4. The highest BCUT2D eigenvalue weighted by Gasteiger charge is 2.19. The molecule has 1 aromatic rings. The van der Waals surface area contributed by atoms with E-state index in [2.05, 4.69) is 26.1 Å². The molecular formula is C16H25NO2. The smallest absolute Gasteiger partial charge is 0.224 e. The summed E-state index contributed by atoms with van der Waals surface area (Å²) in [4.78, 5) is 12.0. The fraction of sp³-hybridized carbons (Fsp3) is 0.562. The van der Waals surface area contributed by atoms with Crippen molar-refractivity contribution >= 4 is 5.91 Å². The first kappa shape index (κ1) is 15.7. The maximum Gasteiger partial charge on any atom is 0.224 e. The lowest BCUT2D eigenvalue weighted by atomic mass is 9.88. The van der Waals surface area contributed by atoms with Crippen molar-refractivity contribution in [1.82, 2.24) is 5.32 Å². The van der Waals surface area contributed by atoms with Gasteiger partial charge in [0.1, 0.15) is 0 Å². The number of nitrogens with one attached hydrogen (secondary N) is 1. The molecule has 0 saturated heterocycles. The van der Waals surface area contributed by atoms with Crippen LogP contribution in [0.2, 0.25) is 0 Å². The van der Waals surface area contributed by atoms with Crippen molar-refractivity contribution < 1.29 is 9.90 Å². The van der Waals surface area contributed by atoms with Crippen molar-refractivity contribution in [3.63, 3.8) is 0 Å². The van der Waals surface area contributed by atoms with Gasteiger partial charge in [-0.2, -0.15) is 0 Å². The topological polar surface area (TPSA) is 49.3 Å². The van der Waals surface area contributed by atoms with Crippen LogP contribution < -0.4 is 5.32 Å². The molecule has 1 rings (SSSR count). The highest BCUT2D eigenvalue weighted by atomic mass is 16.3. The number of benzene rings is 1. The Balaban J connectivity index is 2.57. The number of hydrogen-bond acceptors (Lipinski definition) is 2. The van der Waals surface area contributed by atoms with E-state index in [1.165, 1.54) is 0 Å². The Kier molecular flexibility index (Phi) is 5.55. The SMILES string of the molecule is Cc1ccccc1CC(=O)NC(CO)CC(C)(C)C. The third kappa shape index (κ3) is 5.88. The molecule has 3 heteroatoms. The van der Waals surface area contributed by atoms with Gasteiger partial charge in [-0.15, -0.1) is 0 Å². The lowest BCUT2D eigenvalue weighted by molar-refractivity contribution is -0.121. The standard InChI is InChI=1S/C16H25NO2/c1-12-7-5-6-8-13(12)9-15(19)17-14(11-18)10-16(2,3)4/h5-8,14,18H,9-11H2,1-4H3,(H,17,19). The molecule has 0 radical (unpaired) electrons. The summed E-state index contributed by atoms with van der Waals surface area (Å²) < 4.78 is 0. The second kappa shape index (κ2) is 6.71. The third-order valence-electron chi connectivity index (χ3n) is 3.06. The van der Waals surface area contributed by atoms with Crippen molar-refractivity contribution in [2.45, 2.75) is 46.6 Å². The van der Waals surface area contributed by atoms with Crippen LogP contribution in [0.15, 0.2) is 24.3 Å². The van der Waals surface area contributed by atoms with E-state index in [4.69, 9.17) is 0 Å². The average molecular weight is 263 g/mol. The Bertz CT molecular complexity index is 421. The minimum absolute atomic E-state index is 0.0171. The van der Waals surface area contributed by atoms with Crippen LogP contribution in [0.3, 0.4) is 0 Å². The zero-order chi connectivity index (χ0) is 14.5. The van der Waals surface area contributed by atoms with E-state index in [-0.39, 0.29) is 24.0 Å². The molecule has 106 valence electrons. The van der Waals surface area contributed by atoms with Crippen molar-refractivity contribution in [2.24, 2.45) is 5.41 Å². The molecule has 3 nitrogen and oxygen atoms in total. The van der Waals surface area contributed by atoms with Crippen LogP contribution in [0.1, 0.15) is 38.3 Å². The number of rotatable bonds is 5. The van der Waals surface area contributed by atoms with Crippen LogP contribution in [0.4, 0.5) is 0 Å². The number of aliphatic hydroxyl groups is 1. The van der Waals surface area contributed by atoms with Gasteiger partial charge in [-0.05, 0) is 29.9 Å². The van der Waals surface area contributed by atoms with Gasteiger partial charge in [-0.3, -0.25) is 4.79 Å². The largest absolute Gasteiger partial charge is 0.394 e. The van der Waals surface area contributed by atoms with E-state index in [1.807, 2.05) is 31.2 Å². The Morgan fingerprint density at radius 2 is 1.95 bits per heavy atom. The molecule has 1 atom stereocenters. The maximum atomic E-state index is 12.0. The summed E-state index contributed by atoms with van der Waals surface area (Å²) in [5.41, 5.74) is 2.24. The second-order valence-corrected chi connectivity index (χ2v) is 6.32. The van der Waals surface area contributed by atoms with Gasteiger partial charge in [-0.25, -0.2) is 0 Å². The lowest BCUT2D eigenvalue weighted by Crippen LogP contribution is -2.40. The minimum Gasteiger partial charge on any atom is -0.394 e. The van der Waals surface area contributed by atoms with Gasteiger partial charge in [-0.1, -0.05) is 45.0 Å². The van der Waals surface area contributed by atoms with E-state index >= 15 is 0 Å². The lowest BCUT2D eigenvalue weighted by Gasteiger charge is -2.25. The fourth-order valence-electron chi connectivity index (χ4n) is 2.16. The van der Waals surface area contributed by atoms with Crippen LogP contribution in [-0.2, 0) is 11.2 Å². The van der Waals surface area contributed by atoms with Gasteiger partial charge in [0.25, 0.3) is 0 Å². The first-order valence-electron chi connectivity index (χ1n) is 6.76. The van der Waals surface area contributed by atoms with Gasteiger partial charge < -0.3 is 10.4 Å². The molecule has 0 aliphatic heterocycles. The molecule has 0 heterocycles. The highest BCUT2D eigenvalue weighted by Crippen LogP contribution is 2.20. The van der Waals surface area contributed by atoms with E-state index < -0.39 is 0 Å². The number of aryl methyl sites for hydroxylation is 1. The van der Waals surface area contributed by atoms with E-state index in [0.29, 0.717) is 6.42 Å². The Morgan fingerprint density at radius 3 is 2.47 bits per heavy atom. The second-order valence-electron chi connectivity index (χ2n) is 6.32. The molecule has 0 spiro atoms. The van der Waals surface area contributed by atoms with Crippen LogP contribution in [0.25, 0.3) is 0 Å². The molecule has 0 bridgehead atoms. The fourth-order valence-corrected chi connectivity index (χ4v) is 2.16. The molecule has 1 amide bonds. The Morgan fingerprint density at radius 1 is 1.32 bits per heavy atom. The van der Waals surface area contributed by atoms with E-state index in [0.717, 1.165) is 17.5 Å². The van der Waals surface area contributed by atoms with Crippen LogP contribution >= 0.6 is 0 Å². The Labute approximate surface area is 116 Å². The number of carbonyl (C=O) groups excluding carboxylic acids is 1. The molecular weight excluding hydrogens is 238 g/mol. The van der Waals surface area contributed by atoms with Gasteiger partial charge in [0.15, 0.2) is 0 Å². The number of carbonyl (C=O) groups is 1. The summed E-state index contributed by atoms with van der Waals surface area (Å²) in [6.07, 6.45) is 1.14. The van der Waals surface area contributed by atoms with E-state index in [9.17, 15) is 9.90 Å². The molecule has 1 unspecified atom stereocenters. The molecule has 0 aromatic heterocycles. The summed E-state index contributed by atoms with van der Waals surface area (Å²) >= 11 is 0. The minimum atomic E-state index is -0.170. The molecule has 1 aromatic carbocycles. The van der Waals surface area contributed by atoms with Crippen LogP contribution in [-0.4, -0.2) is 23.7 Å². The summed E-state index contributed by atoms with van der Waals surface area (Å²) in [5, 5.41) is 12.3. The molecule has 0 saturated carbocycles. The maximum absolute atomic E-state index is 12.0. The first-order valence-corrected chi connectivity index (χ1v) is 6.76. The Hall–Kier alpha value is -1.35. The van der Waals surface area contributed by atoms with Crippen molar-refractivity contribution in [3.05, 3.63) is 35.4 Å². The van der Waals surface area contributed by atoms with Gasteiger partial charge in [0, 0.05) is 0 Å². The highest BCUT2D eigenvalue weighted by molar-refractivity contribution is 5.79. The van der Waals surface area contributed by atoms with Gasteiger partial charge in [0.05, 0.1) is 19.1 Å². The van der Waals surface area contributed by atoms with Crippen molar-refractivity contribution in [3.8, 4) is 0 Å². The summed E-state index contributed by atoms with van der Waals surface area (Å²) in [6, 6.07) is 7.70. The molecule has 0 aliphatic rings. The summed E-state index contributed by atoms with van der Waals surface area (Å²) in [5.74, 6) is -0.0300. The van der Waals surface area contributed by atoms with Gasteiger partial charge >= 0.3 is 0 Å². The summed E-state index contributed by atoms with van der Waals surface area (Å²) in [7, 11) is 0. The van der Waals surface area contributed by atoms with Crippen LogP contribution in [0, 0.1) is 12.3 Å². The molecule has 19 heavy (non-hydrogen) atoms. The van der Waals surface area contributed by atoms with Crippen molar-refractivity contribution in [2.75, 3.05) is 6.61 Å². The monoisotopic (exact) mass is 263 g/mol. The third-order valence-corrected chi connectivity index (χ3v) is 3.06. The number of amides is 1. The van der Waals surface area contributed by atoms with E-state index in [1.54, 1.807) is 0 Å². The molecule has 0 aliphatic carbocycles. The predicted octanol–water partition coefficient (Wildman–Crippen LogP) is 2.45. The average Bonchev–Trinajstić information content (AvgIpc) is 2.29. The molecule has 0 fully saturated rings. The first-order chi connectivity index (χ1) is 8.81. The quantitative estimate of drug-likeness (QED) is 0.857. The number of aliphatic hydroxyl groups excluding tert-OH is 1. The number of hydrogen-bond donors (Lipinski definition) is 2. The van der Waals surface area contributed by atoms with Crippen molar-refractivity contribution in [1.29, 1.82) is 0 Å². The van der Waals surface area contributed by atoms with Gasteiger partial charge in [0.2, 0.25) is 5.91 Å². The predicted molar refractivity (Wildman–Crippen MR) is 78.0 cm³/mol. The zero-order valence-electron chi connectivity index (χ0n) is 12.4. The van der Waals surface area contributed by atoms with Crippen LogP contribution in [0.5, 0.6) is 0 Å². The molecule has 2 N–H and O–H groups in total. The normalized spacial score (nSPS) is 13.1.